The highest BCUT2D eigenvalue weighted by Crippen LogP contribution is 2.22. The summed E-state index contributed by atoms with van der Waals surface area (Å²) in [4.78, 5) is 18.7. The van der Waals surface area contributed by atoms with Crippen molar-refractivity contribution >= 4 is 34.0 Å². The summed E-state index contributed by atoms with van der Waals surface area (Å²) in [6.07, 6.45) is 4.51. The van der Waals surface area contributed by atoms with Gasteiger partial charge in [-0.1, -0.05) is 17.7 Å². The van der Waals surface area contributed by atoms with Crippen LogP contribution in [0.2, 0.25) is 5.02 Å². The number of nitrogens with one attached hydrogen (secondary N) is 1. The van der Waals surface area contributed by atoms with E-state index in [1.54, 1.807) is 17.4 Å². The molecule has 1 aliphatic rings. The lowest BCUT2D eigenvalue weighted by atomic mass is 10.0. The molecule has 0 saturated carbocycles. The van der Waals surface area contributed by atoms with E-state index in [1.807, 2.05) is 11.6 Å². The lowest BCUT2D eigenvalue weighted by Gasteiger charge is -2.32. The maximum atomic E-state index is 13.4. The van der Waals surface area contributed by atoms with Crippen LogP contribution in [0.15, 0.2) is 29.8 Å². The molecule has 1 amide bonds. The zero-order valence-electron chi connectivity index (χ0n) is 13.2. The fraction of sp³-hybridized carbons (Fsp3) is 0.412. The number of halogens is 2. The molecule has 0 radical (unpaired) electrons. The van der Waals surface area contributed by atoms with Crippen LogP contribution in [0, 0.1) is 5.82 Å². The van der Waals surface area contributed by atoms with Gasteiger partial charge < -0.3 is 10.2 Å². The second kappa shape index (κ2) is 7.94. The van der Waals surface area contributed by atoms with Crippen molar-refractivity contribution in [2.45, 2.75) is 31.7 Å². The van der Waals surface area contributed by atoms with Crippen LogP contribution in [0.5, 0.6) is 0 Å². The van der Waals surface area contributed by atoms with Gasteiger partial charge in [0.2, 0.25) is 5.91 Å². The van der Waals surface area contributed by atoms with Crippen molar-refractivity contribution in [3.63, 3.8) is 0 Å². The van der Waals surface area contributed by atoms with E-state index in [0.717, 1.165) is 36.6 Å². The number of hydrogen-bond donors (Lipinski definition) is 1. The first-order valence-corrected chi connectivity index (χ1v) is 9.25. The van der Waals surface area contributed by atoms with Crippen molar-refractivity contribution in [3.05, 3.63) is 46.2 Å². The minimum Gasteiger partial charge on any atom is -0.353 e. The standard InChI is InChI=1S/C17H19ClFN3OS/c18-14-3-1-12(11-15(14)19)2-4-16(23)21-13-5-8-22(9-6-13)17-20-7-10-24-17/h1,3,7,10-11,13H,2,4-6,8-9H2,(H,21,23). The number of amides is 1. The normalized spacial score (nSPS) is 15.5. The lowest BCUT2D eigenvalue weighted by molar-refractivity contribution is -0.121. The molecular formula is C17H19ClFN3OS. The van der Waals surface area contributed by atoms with E-state index in [-0.39, 0.29) is 17.0 Å². The first-order valence-electron chi connectivity index (χ1n) is 7.99. The van der Waals surface area contributed by atoms with Gasteiger partial charge in [0.05, 0.1) is 5.02 Å². The van der Waals surface area contributed by atoms with Gasteiger partial charge in [0.1, 0.15) is 5.82 Å². The topological polar surface area (TPSA) is 45.2 Å². The minimum atomic E-state index is -0.441. The second-order valence-electron chi connectivity index (χ2n) is 5.89. The van der Waals surface area contributed by atoms with Crippen LogP contribution in [0.3, 0.4) is 0 Å². The summed E-state index contributed by atoms with van der Waals surface area (Å²) < 4.78 is 13.4. The summed E-state index contributed by atoms with van der Waals surface area (Å²) in [7, 11) is 0. The lowest BCUT2D eigenvalue weighted by Crippen LogP contribution is -2.44. The Morgan fingerprint density at radius 3 is 2.88 bits per heavy atom. The van der Waals surface area contributed by atoms with E-state index in [9.17, 15) is 9.18 Å². The van der Waals surface area contributed by atoms with Crippen molar-refractivity contribution in [1.29, 1.82) is 0 Å². The zero-order valence-corrected chi connectivity index (χ0v) is 14.7. The van der Waals surface area contributed by atoms with E-state index in [0.29, 0.717) is 12.8 Å². The monoisotopic (exact) mass is 367 g/mol. The number of aromatic nitrogens is 1. The van der Waals surface area contributed by atoms with Crippen LogP contribution in [0.25, 0.3) is 0 Å². The maximum absolute atomic E-state index is 13.4. The van der Waals surface area contributed by atoms with Crippen molar-refractivity contribution in [3.8, 4) is 0 Å². The van der Waals surface area contributed by atoms with Gasteiger partial charge in [-0.25, -0.2) is 9.37 Å². The molecule has 1 fully saturated rings. The molecule has 0 unspecified atom stereocenters. The molecule has 1 aromatic heterocycles. The second-order valence-corrected chi connectivity index (χ2v) is 7.17. The fourth-order valence-corrected chi connectivity index (χ4v) is 3.65. The van der Waals surface area contributed by atoms with Gasteiger partial charge in [0.15, 0.2) is 5.13 Å². The predicted molar refractivity (Wildman–Crippen MR) is 95.2 cm³/mol. The van der Waals surface area contributed by atoms with Crippen LogP contribution < -0.4 is 10.2 Å². The Kier molecular flexibility index (Phi) is 5.68. The number of carbonyl (C=O) groups excluding carboxylic acids is 1. The smallest absolute Gasteiger partial charge is 0.220 e. The van der Waals surface area contributed by atoms with Crippen LogP contribution in [-0.2, 0) is 11.2 Å². The van der Waals surface area contributed by atoms with Gasteiger partial charge in [-0.3, -0.25) is 4.79 Å². The quantitative estimate of drug-likeness (QED) is 0.877. The van der Waals surface area contributed by atoms with Gasteiger partial charge in [0, 0.05) is 37.1 Å². The molecule has 1 N–H and O–H groups in total. The van der Waals surface area contributed by atoms with Crippen molar-refractivity contribution < 1.29 is 9.18 Å². The van der Waals surface area contributed by atoms with E-state index in [2.05, 4.69) is 15.2 Å². The molecule has 0 aliphatic carbocycles. The van der Waals surface area contributed by atoms with Crippen molar-refractivity contribution in [2.75, 3.05) is 18.0 Å². The number of hydrogen-bond acceptors (Lipinski definition) is 4. The summed E-state index contributed by atoms with van der Waals surface area (Å²) in [5.74, 6) is -0.429. The Morgan fingerprint density at radius 2 is 2.21 bits per heavy atom. The third-order valence-electron chi connectivity index (χ3n) is 4.17. The molecule has 0 atom stereocenters. The highest BCUT2D eigenvalue weighted by molar-refractivity contribution is 7.13. The first-order chi connectivity index (χ1) is 11.6. The maximum Gasteiger partial charge on any atom is 0.220 e. The van der Waals surface area contributed by atoms with Gasteiger partial charge in [0.25, 0.3) is 0 Å². The van der Waals surface area contributed by atoms with E-state index < -0.39 is 5.82 Å². The van der Waals surface area contributed by atoms with Crippen molar-refractivity contribution in [1.82, 2.24) is 10.3 Å². The third-order valence-corrected chi connectivity index (χ3v) is 5.31. The number of anilines is 1. The highest BCUT2D eigenvalue weighted by atomic mass is 35.5. The molecule has 1 saturated heterocycles. The first kappa shape index (κ1) is 17.2. The SMILES string of the molecule is O=C(CCc1ccc(Cl)c(F)c1)NC1CCN(c2nccs2)CC1. The molecule has 1 aromatic carbocycles. The average Bonchev–Trinajstić information content (AvgIpc) is 3.11. The van der Waals surface area contributed by atoms with Crippen molar-refractivity contribution in [2.24, 2.45) is 0 Å². The predicted octanol–water partition coefficient (Wildman–Crippen LogP) is 3.65. The molecule has 1 aliphatic heterocycles. The summed E-state index contributed by atoms with van der Waals surface area (Å²) >= 11 is 7.30. The Hall–Kier alpha value is -1.66. The Bertz CT molecular complexity index is 687. The molecule has 128 valence electrons. The zero-order chi connectivity index (χ0) is 16.9. The van der Waals surface area contributed by atoms with E-state index in [4.69, 9.17) is 11.6 Å². The molecule has 24 heavy (non-hydrogen) atoms. The van der Waals surface area contributed by atoms with Gasteiger partial charge in [-0.05, 0) is 37.0 Å². The van der Waals surface area contributed by atoms with Gasteiger partial charge in [-0.2, -0.15) is 0 Å². The molecule has 3 rings (SSSR count). The van der Waals surface area contributed by atoms with Crippen LogP contribution in [0.4, 0.5) is 9.52 Å². The molecule has 0 bridgehead atoms. The number of thiazole rings is 1. The summed E-state index contributed by atoms with van der Waals surface area (Å²) in [5.41, 5.74) is 0.783. The van der Waals surface area contributed by atoms with Crippen LogP contribution in [0.1, 0.15) is 24.8 Å². The Balaban J connectivity index is 1.42. The summed E-state index contributed by atoms with van der Waals surface area (Å²) in [6, 6.07) is 4.88. The van der Waals surface area contributed by atoms with Crippen LogP contribution >= 0.6 is 22.9 Å². The number of benzene rings is 1. The van der Waals surface area contributed by atoms with E-state index >= 15 is 0 Å². The van der Waals surface area contributed by atoms with Crippen LogP contribution in [-0.4, -0.2) is 30.0 Å². The van der Waals surface area contributed by atoms with Gasteiger partial charge in [-0.15, -0.1) is 11.3 Å². The molecule has 7 heteroatoms. The Labute approximate surface area is 149 Å². The highest BCUT2D eigenvalue weighted by Gasteiger charge is 2.21. The third kappa shape index (κ3) is 4.45. The average molecular weight is 368 g/mol. The van der Waals surface area contributed by atoms with Gasteiger partial charge >= 0.3 is 0 Å². The summed E-state index contributed by atoms with van der Waals surface area (Å²) in [5, 5.41) is 6.21. The van der Waals surface area contributed by atoms with E-state index in [1.165, 1.54) is 12.1 Å². The number of piperidine rings is 1. The number of carbonyl (C=O) groups is 1. The molecule has 4 nitrogen and oxygen atoms in total. The Morgan fingerprint density at radius 1 is 1.42 bits per heavy atom. The molecule has 2 heterocycles. The number of rotatable bonds is 5. The molecule has 2 aromatic rings. The summed E-state index contributed by atoms with van der Waals surface area (Å²) in [6.45, 7) is 1.81. The largest absolute Gasteiger partial charge is 0.353 e. The number of nitrogens with zero attached hydrogens (tertiary/aromatic N) is 2. The fourth-order valence-electron chi connectivity index (χ4n) is 2.84. The number of aryl methyl sites for hydroxylation is 1. The molecule has 0 spiro atoms. The minimum absolute atomic E-state index is 0.0121. The molecular weight excluding hydrogens is 349 g/mol.